The molecule has 0 aliphatic carbocycles. The van der Waals surface area contributed by atoms with E-state index in [0.29, 0.717) is 5.69 Å². The molecule has 0 amide bonds. The van der Waals surface area contributed by atoms with Crippen molar-refractivity contribution in [3.05, 3.63) is 41.0 Å². The van der Waals surface area contributed by atoms with E-state index in [9.17, 15) is 10.2 Å². The summed E-state index contributed by atoms with van der Waals surface area (Å²) in [5, 5.41) is 23.1. The number of nitrogens with zero attached hydrogens (tertiary/aromatic N) is 3. The first-order valence-corrected chi connectivity index (χ1v) is 6.42. The summed E-state index contributed by atoms with van der Waals surface area (Å²) in [4.78, 5) is 8.32. The summed E-state index contributed by atoms with van der Waals surface area (Å²) < 4.78 is 5.83. The van der Waals surface area contributed by atoms with Crippen molar-refractivity contribution < 1.29 is 14.7 Å². The zero-order chi connectivity index (χ0) is 14.1. The Kier molecular flexibility index (Phi) is 3.11. The first-order chi connectivity index (χ1) is 9.66. The van der Waals surface area contributed by atoms with Crippen LogP contribution >= 0.6 is 15.9 Å². The van der Waals surface area contributed by atoms with E-state index in [1.807, 2.05) is 6.07 Å². The quantitative estimate of drug-likeness (QED) is 0.700. The Morgan fingerprint density at radius 2 is 1.95 bits per heavy atom. The molecular formula is C13H8BrN3O3. The third-order valence-electron chi connectivity index (χ3n) is 2.64. The maximum atomic E-state index is 9.78. The Morgan fingerprint density at radius 3 is 2.75 bits per heavy atom. The second-order valence-electron chi connectivity index (χ2n) is 3.93. The van der Waals surface area contributed by atoms with E-state index < -0.39 is 0 Å². The molecule has 2 aromatic heterocycles. The van der Waals surface area contributed by atoms with E-state index >= 15 is 0 Å². The van der Waals surface area contributed by atoms with Crippen molar-refractivity contribution in [3.63, 3.8) is 0 Å². The van der Waals surface area contributed by atoms with Crippen molar-refractivity contribution in [1.29, 1.82) is 0 Å². The van der Waals surface area contributed by atoms with Crippen molar-refractivity contribution in [2.75, 3.05) is 0 Å². The number of phenols is 2. The Bertz CT molecular complexity index is 773. The van der Waals surface area contributed by atoms with Crippen LogP contribution in [0, 0.1) is 0 Å². The molecule has 2 N–H and O–H groups in total. The SMILES string of the molecule is Oc1cccc(-c2nc(-c3ncccc3Br)no2)c1O. The summed E-state index contributed by atoms with van der Waals surface area (Å²) in [6.45, 7) is 0. The lowest BCUT2D eigenvalue weighted by atomic mass is 10.2. The zero-order valence-corrected chi connectivity index (χ0v) is 11.6. The van der Waals surface area contributed by atoms with Crippen LogP contribution < -0.4 is 0 Å². The van der Waals surface area contributed by atoms with Gasteiger partial charge >= 0.3 is 0 Å². The molecule has 3 rings (SSSR count). The minimum Gasteiger partial charge on any atom is -0.504 e. The third kappa shape index (κ3) is 2.12. The number of hydrogen-bond donors (Lipinski definition) is 2. The van der Waals surface area contributed by atoms with Crippen LogP contribution in [0.15, 0.2) is 45.5 Å². The molecule has 0 aliphatic rings. The highest BCUT2D eigenvalue weighted by Gasteiger charge is 2.17. The molecule has 0 fully saturated rings. The van der Waals surface area contributed by atoms with Crippen LogP contribution in [0.25, 0.3) is 23.0 Å². The van der Waals surface area contributed by atoms with Gasteiger partial charge in [0.2, 0.25) is 5.82 Å². The standard InChI is InChI=1S/C13H8BrN3O3/c14-8-4-2-6-15-10(8)12-16-13(20-17-12)7-3-1-5-9(18)11(7)19/h1-6,18-19H. The minimum atomic E-state index is -0.303. The van der Waals surface area contributed by atoms with Gasteiger partial charge < -0.3 is 14.7 Å². The van der Waals surface area contributed by atoms with E-state index in [1.54, 1.807) is 24.4 Å². The van der Waals surface area contributed by atoms with Crippen molar-refractivity contribution >= 4 is 15.9 Å². The Hall–Kier alpha value is -2.41. The molecule has 0 atom stereocenters. The highest BCUT2D eigenvalue weighted by atomic mass is 79.9. The highest BCUT2D eigenvalue weighted by molar-refractivity contribution is 9.10. The summed E-state index contributed by atoms with van der Waals surface area (Å²) in [6, 6.07) is 8.09. The maximum Gasteiger partial charge on any atom is 0.262 e. The fourth-order valence-electron chi connectivity index (χ4n) is 1.68. The molecule has 100 valence electrons. The molecule has 3 aromatic rings. The monoisotopic (exact) mass is 333 g/mol. The summed E-state index contributed by atoms with van der Waals surface area (Å²) in [5.74, 6) is -0.162. The number of halogens is 1. The number of hydrogen-bond acceptors (Lipinski definition) is 6. The number of aromatic hydroxyl groups is 2. The fourth-order valence-corrected chi connectivity index (χ4v) is 2.12. The summed E-state index contributed by atoms with van der Waals surface area (Å²) in [5.41, 5.74) is 0.790. The molecule has 0 aliphatic heterocycles. The molecule has 2 heterocycles. The normalized spacial score (nSPS) is 10.7. The number of phenolic OH excluding ortho intramolecular Hbond substituents is 2. The largest absolute Gasteiger partial charge is 0.504 e. The van der Waals surface area contributed by atoms with Crippen LogP contribution in [-0.4, -0.2) is 25.3 Å². The maximum absolute atomic E-state index is 9.78. The number of benzene rings is 1. The Balaban J connectivity index is 2.07. The highest BCUT2D eigenvalue weighted by Crippen LogP contribution is 2.36. The van der Waals surface area contributed by atoms with E-state index in [-0.39, 0.29) is 28.8 Å². The molecule has 1 aromatic carbocycles. The van der Waals surface area contributed by atoms with E-state index in [1.165, 1.54) is 6.07 Å². The van der Waals surface area contributed by atoms with Gasteiger partial charge in [0.05, 0.1) is 5.56 Å². The topological polar surface area (TPSA) is 92.3 Å². The summed E-state index contributed by atoms with van der Waals surface area (Å²) in [6.07, 6.45) is 1.61. The van der Waals surface area contributed by atoms with Crippen LogP contribution in [0.3, 0.4) is 0 Å². The fraction of sp³-hybridized carbons (Fsp3) is 0. The van der Waals surface area contributed by atoms with E-state index in [0.717, 1.165) is 4.47 Å². The molecule has 7 heteroatoms. The number of aromatic nitrogens is 3. The van der Waals surface area contributed by atoms with Crippen molar-refractivity contribution in [2.45, 2.75) is 0 Å². The van der Waals surface area contributed by atoms with Gasteiger partial charge in [0.1, 0.15) is 5.69 Å². The van der Waals surface area contributed by atoms with Crippen LogP contribution in [0.1, 0.15) is 0 Å². The lowest BCUT2D eigenvalue weighted by molar-refractivity contribution is 0.397. The lowest BCUT2D eigenvalue weighted by Gasteiger charge is -2.00. The van der Waals surface area contributed by atoms with Gasteiger partial charge in [-0.2, -0.15) is 4.98 Å². The van der Waals surface area contributed by atoms with Gasteiger partial charge in [0, 0.05) is 10.7 Å². The Labute approximate surface area is 121 Å². The molecule has 6 nitrogen and oxygen atoms in total. The summed E-state index contributed by atoms with van der Waals surface area (Å²) >= 11 is 3.35. The van der Waals surface area contributed by atoms with Crippen molar-refractivity contribution in [2.24, 2.45) is 0 Å². The van der Waals surface area contributed by atoms with Crippen molar-refractivity contribution in [3.8, 4) is 34.5 Å². The molecule has 0 bridgehead atoms. The zero-order valence-electron chi connectivity index (χ0n) is 9.99. The second kappa shape index (κ2) is 4.93. The van der Waals surface area contributed by atoms with Crippen molar-refractivity contribution in [1.82, 2.24) is 15.1 Å². The van der Waals surface area contributed by atoms with Gasteiger partial charge in [-0.25, -0.2) is 0 Å². The van der Waals surface area contributed by atoms with Crippen LogP contribution in [0.5, 0.6) is 11.5 Å². The van der Waals surface area contributed by atoms with Gasteiger partial charge in [-0.15, -0.1) is 0 Å². The molecule has 0 radical (unpaired) electrons. The molecule has 0 spiro atoms. The van der Waals surface area contributed by atoms with Gasteiger partial charge in [-0.3, -0.25) is 4.98 Å². The average molecular weight is 334 g/mol. The lowest BCUT2D eigenvalue weighted by Crippen LogP contribution is -1.86. The van der Waals surface area contributed by atoms with E-state index in [2.05, 4.69) is 31.1 Å². The molecule has 20 heavy (non-hydrogen) atoms. The van der Waals surface area contributed by atoms with Crippen LogP contribution in [0.4, 0.5) is 0 Å². The first-order valence-electron chi connectivity index (χ1n) is 5.62. The minimum absolute atomic E-state index is 0.103. The Morgan fingerprint density at radius 1 is 1.10 bits per heavy atom. The van der Waals surface area contributed by atoms with Gasteiger partial charge in [0.15, 0.2) is 11.5 Å². The smallest absolute Gasteiger partial charge is 0.262 e. The predicted octanol–water partition coefficient (Wildman–Crippen LogP) is 2.97. The molecular weight excluding hydrogens is 326 g/mol. The molecule has 0 saturated carbocycles. The molecule has 0 unspecified atom stereocenters. The predicted molar refractivity (Wildman–Crippen MR) is 74.0 cm³/mol. The average Bonchev–Trinajstić information content (AvgIpc) is 2.92. The number of rotatable bonds is 2. The number of para-hydroxylation sites is 1. The van der Waals surface area contributed by atoms with Crippen LogP contribution in [-0.2, 0) is 0 Å². The van der Waals surface area contributed by atoms with Gasteiger partial charge in [-0.05, 0) is 40.2 Å². The van der Waals surface area contributed by atoms with Gasteiger partial charge in [-0.1, -0.05) is 11.2 Å². The molecule has 0 saturated heterocycles. The summed E-state index contributed by atoms with van der Waals surface area (Å²) in [7, 11) is 0. The van der Waals surface area contributed by atoms with Crippen LogP contribution in [0.2, 0.25) is 0 Å². The number of pyridine rings is 1. The second-order valence-corrected chi connectivity index (χ2v) is 4.78. The third-order valence-corrected chi connectivity index (χ3v) is 3.28. The van der Waals surface area contributed by atoms with Gasteiger partial charge in [0.25, 0.3) is 5.89 Å². The first kappa shape index (κ1) is 12.6. The van der Waals surface area contributed by atoms with E-state index in [4.69, 9.17) is 4.52 Å².